The highest BCUT2D eigenvalue weighted by Gasteiger charge is 2.02. The molecule has 0 fully saturated rings. The predicted molar refractivity (Wildman–Crippen MR) is 58.8 cm³/mol. The number of pyridine rings is 1. The van der Waals surface area contributed by atoms with Gasteiger partial charge in [-0.1, -0.05) is 0 Å². The average Bonchev–Trinajstić information content (AvgIpc) is 2.16. The number of ether oxygens (including phenoxy) is 1. The van der Waals surface area contributed by atoms with Gasteiger partial charge >= 0.3 is 0 Å². The summed E-state index contributed by atoms with van der Waals surface area (Å²) in [6, 6.07) is 6.96. The number of rotatable bonds is 1. The van der Waals surface area contributed by atoms with Crippen LogP contribution >= 0.6 is 15.9 Å². The predicted octanol–water partition coefficient (Wildman–Crippen LogP) is 2.30. The Hall–Kier alpha value is -1.29. The fraction of sp³-hybridized carbons (Fsp3) is 0.100. The Bertz CT molecular complexity index is 533. The van der Waals surface area contributed by atoms with Crippen molar-refractivity contribution in [1.82, 2.24) is 4.98 Å². The molecule has 4 heteroatoms. The molecular weight excluding hydrogens is 246 g/mol. The fourth-order valence-corrected chi connectivity index (χ4v) is 1.82. The first-order chi connectivity index (χ1) is 6.70. The van der Waals surface area contributed by atoms with Crippen molar-refractivity contribution in [2.24, 2.45) is 0 Å². The minimum atomic E-state index is -0.102. The van der Waals surface area contributed by atoms with Crippen LogP contribution in [-0.4, -0.2) is 12.1 Å². The molecule has 0 amide bonds. The Kier molecular flexibility index (Phi) is 2.29. The van der Waals surface area contributed by atoms with Gasteiger partial charge in [0.2, 0.25) is 5.56 Å². The summed E-state index contributed by atoms with van der Waals surface area (Å²) in [5, 5.41) is 0.949. The molecule has 0 unspecified atom stereocenters. The van der Waals surface area contributed by atoms with E-state index in [2.05, 4.69) is 20.9 Å². The normalized spacial score (nSPS) is 10.4. The molecule has 0 saturated carbocycles. The van der Waals surface area contributed by atoms with Crippen LogP contribution in [0.2, 0.25) is 0 Å². The van der Waals surface area contributed by atoms with Crippen LogP contribution in [0.15, 0.2) is 33.5 Å². The largest absolute Gasteiger partial charge is 0.496 e. The van der Waals surface area contributed by atoms with E-state index in [0.29, 0.717) is 0 Å². The SMILES string of the molecule is COc1cc2ccc(=O)[nH]c2cc1Br. The lowest BCUT2D eigenvalue weighted by Crippen LogP contribution is -2.02. The van der Waals surface area contributed by atoms with Crippen molar-refractivity contribution >= 4 is 26.8 Å². The average molecular weight is 254 g/mol. The molecule has 14 heavy (non-hydrogen) atoms. The van der Waals surface area contributed by atoms with Crippen LogP contribution in [0.25, 0.3) is 10.9 Å². The van der Waals surface area contributed by atoms with Gasteiger partial charge in [-0.25, -0.2) is 0 Å². The maximum Gasteiger partial charge on any atom is 0.248 e. The Labute approximate surface area is 88.8 Å². The number of benzene rings is 1. The zero-order valence-electron chi connectivity index (χ0n) is 7.50. The number of aromatic amines is 1. The van der Waals surface area contributed by atoms with Crippen molar-refractivity contribution in [1.29, 1.82) is 0 Å². The molecule has 1 aromatic heterocycles. The van der Waals surface area contributed by atoms with Crippen LogP contribution in [0.1, 0.15) is 0 Å². The fourth-order valence-electron chi connectivity index (χ4n) is 1.31. The van der Waals surface area contributed by atoms with Crippen LogP contribution in [0.3, 0.4) is 0 Å². The lowest BCUT2D eigenvalue weighted by molar-refractivity contribution is 0.413. The lowest BCUT2D eigenvalue weighted by atomic mass is 10.2. The summed E-state index contributed by atoms with van der Waals surface area (Å²) in [6.45, 7) is 0. The minimum Gasteiger partial charge on any atom is -0.496 e. The molecule has 1 N–H and O–H groups in total. The first-order valence-electron chi connectivity index (χ1n) is 4.07. The van der Waals surface area contributed by atoms with Gasteiger partial charge < -0.3 is 9.72 Å². The van der Waals surface area contributed by atoms with Gasteiger partial charge in [0.05, 0.1) is 11.6 Å². The van der Waals surface area contributed by atoms with E-state index in [1.807, 2.05) is 12.1 Å². The molecule has 0 saturated heterocycles. The van der Waals surface area contributed by atoms with Gasteiger partial charge in [0, 0.05) is 17.0 Å². The molecule has 0 spiro atoms. The molecule has 0 radical (unpaired) electrons. The first-order valence-corrected chi connectivity index (χ1v) is 4.86. The smallest absolute Gasteiger partial charge is 0.248 e. The molecule has 3 nitrogen and oxygen atoms in total. The van der Waals surface area contributed by atoms with Gasteiger partial charge in [-0.15, -0.1) is 0 Å². The van der Waals surface area contributed by atoms with E-state index >= 15 is 0 Å². The van der Waals surface area contributed by atoms with E-state index in [1.54, 1.807) is 13.2 Å². The number of hydrogen-bond donors (Lipinski definition) is 1. The third kappa shape index (κ3) is 1.53. The number of methoxy groups -OCH3 is 1. The number of aromatic nitrogens is 1. The molecule has 72 valence electrons. The standard InChI is InChI=1S/C10H8BrNO2/c1-14-9-4-6-2-3-10(13)12-8(6)5-7(9)11/h2-5H,1H3,(H,12,13). The molecule has 0 atom stereocenters. The molecule has 0 bridgehead atoms. The summed E-state index contributed by atoms with van der Waals surface area (Å²) in [4.78, 5) is 13.8. The zero-order valence-corrected chi connectivity index (χ0v) is 9.09. The zero-order chi connectivity index (χ0) is 10.1. The molecule has 0 aliphatic heterocycles. The molecule has 0 aliphatic carbocycles. The second kappa shape index (κ2) is 3.46. The van der Waals surface area contributed by atoms with Crippen molar-refractivity contribution in [3.05, 3.63) is 39.1 Å². The highest BCUT2D eigenvalue weighted by Crippen LogP contribution is 2.28. The summed E-state index contributed by atoms with van der Waals surface area (Å²) in [5.74, 6) is 0.754. The number of halogens is 1. The summed E-state index contributed by atoms with van der Waals surface area (Å²) >= 11 is 3.36. The topological polar surface area (TPSA) is 42.1 Å². The quantitative estimate of drug-likeness (QED) is 0.848. The number of fused-ring (bicyclic) bond motifs is 1. The van der Waals surface area contributed by atoms with Crippen molar-refractivity contribution in [3.63, 3.8) is 0 Å². The maximum absolute atomic E-state index is 11.0. The third-order valence-electron chi connectivity index (χ3n) is 2.00. The second-order valence-electron chi connectivity index (χ2n) is 2.90. The number of H-pyrrole nitrogens is 1. The van der Waals surface area contributed by atoms with E-state index in [1.165, 1.54) is 6.07 Å². The number of nitrogens with one attached hydrogen (secondary N) is 1. The Balaban J connectivity index is 2.79. The van der Waals surface area contributed by atoms with E-state index in [4.69, 9.17) is 4.74 Å². The molecule has 1 heterocycles. The van der Waals surface area contributed by atoms with E-state index in [9.17, 15) is 4.79 Å². The Morgan fingerprint density at radius 1 is 1.36 bits per heavy atom. The summed E-state index contributed by atoms with van der Waals surface area (Å²) in [7, 11) is 1.61. The van der Waals surface area contributed by atoms with Gasteiger partial charge in [-0.05, 0) is 34.1 Å². The van der Waals surface area contributed by atoms with E-state index < -0.39 is 0 Å². The minimum absolute atomic E-state index is 0.102. The van der Waals surface area contributed by atoms with E-state index in [-0.39, 0.29) is 5.56 Å². The molecule has 1 aromatic carbocycles. The van der Waals surface area contributed by atoms with Crippen molar-refractivity contribution < 1.29 is 4.74 Å². The number of hydrogen-bond acceptors (Lipinski definition) is 2. The summed E-state index contributed by atoms with van der Waals surface area (Å²) in [5.41, 5.74) is 0.694. The van der Waals surface area contributed by atoms with Crippen molar-refractivity contribution in [3.8, 4) is 5.75 Å². The molecular formula is C10H8BrNO2. The van der Waals surface area contributed by atoms with Crippen molar-refractivity contribution in [2.75, 3.05) is 7.11 Å². The second-order valence-corrected chi connectivity index (χ2v) is 3.75. The Morgan fingerprint density at radius 3 is 2.86 bits per heavy atom. The Morgan fingerprint density at radius 2 is 2.14 bits per heavy atom. The van der Waals surface area contributed by atoms with Crippen LogP contribution in [0, 0.1) is 0 Å². The summed E-state index contributed by atoms with van der Waals surface area (Å²) in [6.07, 6.45) is 0. The van der Waals surface area contributed by atoms with Gasteiger partial charge in [0.1, 0.15) is 5.75 Å². The van der Waals surface area contributed by atoms with Gasteiger partial charge in [-0.2, -0.15) is 0 Å². The van der Waals surface area contributed by atoms with Crippen LogP contribution < -0.4 is 10.3 Å². The molecule has 2 aromatic rings. The van der Waals surface area contributed by atoms with Crippen LogP contribution in [0.4, 0.5) is 0 Å². The summed E-state index contributed by atoms with van der Waals surface area (Å²) < 4.78 is 5.97. The monoisotopic (exact) mass is 253 g/mol. The van der Waals surface area contributed by atoms with Gasteiger partial charge in [-0.3, -0.25) is 4.79 Å². The van der Waals surface area contributed by atoms with Gasteiger partial charge in [0.25, 0.3) is 0 Å². The van der Waals surface area contributed by atoms with Crippen LogP contribution in [-0.2, 0) is 0 Å². The van der Waals surface area contributed by atoms with Gasteiger partial charge in [0.15, 0.2) is 0 Å². The maximum atomic E-state index is 11.0. The van der Waals surface area contributed by atoms with E-state index in [0.717, 1.165) is 21.1 Å². The first kappa shape index (κ1) is 9.27. The lowest BCUT2D eigenvalue weighted by Gasteiger charge is -2.04. The highest BCUT2D eigenvalue weighted by molar-refractivity contribution is 9.10. The molecule has 2 rings (SSSR count). The highest BCUT2D eigenvalue weighted by atomic mass is 79.9. The third-order valence-corrected chi connectivity index (χ3v) is 2.62. The van der Waals surface area contributed by atoms with Crippen molar-refractivity contribution in [2.45, 2.75) is 0 Å². The molecule has 0 aliphatic rings. The van der Waals surface area contributed by atoms with Crippen LogP contribution in [0.5, 0.6) is 5.75 Å².